The molecule has 2 fully saturated rings. The van der Waals surface area contributed by atoms with Crippen LogP contribution in [0.5, 0.6) is 0 Å². The van der Waals surface area contributed by atoms with Crippen molar-refractivity contribution in [1.29, 1.82) is 0 Å². The highest BCUT2D eigenvalue weighted by Crippen LogP contribution is 2.35. The number of nitrogens with zero attached hydrogens (tertiary/aromatic N) is 3. The molecule has 4 heteroatoms. The van der Waals surface area contributed by atoms with Crippen LogP contribution in [0.3, 0.4) is 0 Å². The zero-order chi connectivity index (χ0) is 15.4. The zero-order valence-electron chi connectivity index (χ0n) is 14.1. The fourth-order valence-electron chi connectivity index (χ4n) is 3.84. The Morgan fingerprint density at radius 3 is 2.82 bits per heavy atom. The molecule has 2 saturated heterocycles. The maximum absolute atomic E-state index is 4.76. The summed E-state index contributed by atoms with van der Waals surface area (Å²) in [6.45, 7) is 11.4. The highest BCUT2D eigenvalue weighted by Gasteiger charge is 2.28. The van der Waals surface area contributed by atoms with Crippen molar-refractivity contribution in [2.45, 2.75) is 39.2 Å². The Labute approximate surface area is 134 Å². The second kappa shape index (κ2) is 7.42. The molecule has 0 spiro atoms. The van der Waals surface area contributed by atoms with Gasteiger partial charge in [0, 0.05) is 50.5 Å². The molecule has 122 valence electrons. The van der Waals surface area contributed by atoms with Gasteiger partial charge >= 0.3 is 0 Å². The third kappa shape index (κ3) is 3.61. The predicted octanol–water partition coefficient (Wildman–Crippen LogP) is 2.67. The lowest BCUT2D eigenvalue weighted by Crippen LogP contribution is -2.45. The SMILES string of the molecule is CC(C)CN1CCCCC1c1cccnc1N1CCNCC1. The van der Waals surface area contributed by atoms with Gasteiger partial charge in [0.15, 0.2) is 0 Å². The molecule has 22 heavy (non-hydrogen) atoms. The van der Waals surface area contributed by atoms with Crippen molar-refractivity contribution >= 4 is 5.82 Å². The van der Waals surface area contributed by atoms with Gasteiger partial charge in [0.1, 0.15) is 5.82 Å². The van der Waals surface area contributed by atoms with Crippen LogP contribution in [0.1, 0.15) is 44.7 Å². The lowest BCUT2D eigenvalue weighted by molar-refractivity contribution is 0.132. The van der Waals surface area contributed by atoms with Gasteiger partial charge in [-0.25, -0.2) is 4.98 Å². The summed E-state index contributed by atoms with van der Waals surface area (Å²) < 4.78 is 0. The molecule has 0 aliphatic carbocycles. The Balaban J connectivity index is 1.85. The van der Waals surface area contributed by atoms with E-state index in [1.807, 2.05) is 6.20 Å². The third-order valence-corrected chi connectivity index (χ3v) is 4.81. The number of piperazine rings is 1. The Morgan fingerprint density at radius 1 is 1.23 bits per heavy atom. The van der Waals surface area contributed by atoms with E-state index in [1.165, 1.54) is 43.7 Å². The number of likely N-dealkylation sites (tertiary alicyclic amines) is 1. The topological polar surface area (TPSA) is 31.4 Å². The normalized spacial score (nSPS) is 24.0. The van der Waals surface area contributed by atoms with Crippen LogP contribution < -0.4 is 10.2 Å². The second-order valence-corrected chi connectivity index (χ2v) is 7.05. The van der Waals surface area contributed by atoms with Gasteiger partial charge in [-0.15, -0.1) is 0 Å². The van der Waals surface area contributed by atoms with Crippen molar-refractivity contribution in [1.82, 2.24) is 15.2 Å². The summed E-state index contributed by atoms with van der Waals surface area (Å²) in [6.07, 6.45) is 5.91. The molecule has 1 N–H and O–H groups in total. The smallest absolute Gasteiger partial charge is 0.133 e. The van der Waals surface area contributed by atoms with Crippen molar-refractivity contribution < 1.29 is 0 Å². The molecule has 0 bridgehead atoms. The largest absolute Gasteiger partial charge is 0.354 e. The van der Waals surface area contributed by atoms with Gasteiger partial charge in [-0.3, -0.25) is 4.90 Å². The molecule has 1 atom stereocenters. The molecule has 2 aliphatic rings. The summed E-state index contributed by atoms with van der Waals surface area (Å²) in [6, 6.07) is 4.98. The van der Waals surface area contributed by atoms with Crippen LogP contribution in [-0.4, -0.2) is 49.2 Å². The molecule has 1 aromatic heterocycles. The van der Waals surface area contributed by atoms with E-state index in [4.69, 9.17) is 4.98 Å². The van der Waals surface area contributed by atoms with Crippen molar-refractivity contribution in [3.8, 4) is 0 Å². The molecular formula is C18H30N4. The quantitative estimate of drug-likeness (QED) is 0.926. The van der Waals surface area contributed by atoms with E-state index < -0.39 is 0 Å². The van der Waals surface area contributed by atoms with E-state index in [0.717, 1.165) is 32.1 Å². The maximum Gasteiger partial charge on any atom is 0.133 e. The van der Waals surface area contributed by atoms with E-state index >= 15 is 0 Å². The number of nitrogens with one attached hydrogen (secondary N) is 1. The summed E-state index contributed by atoms with van der Waals surface area (Å²) in [5.74, 6) is 1.95. The first-order valence-corrected chi connectivity index (χ1v) is 8.90. The van der Waals surface area contributed by atoms with Gasteiger partial charge in [-0.2, -0.15) is 0 Å². The van der Waals surface area contributed by atoms with Gasteiger partial charge in [0.2, 0.25) is 0 Å². The fraction of sp³-hybridized carbons (Fsp3) is 0.722. The van der Waals surface area contributed by atoms with Crippen LogP contribution in [-0.2, 0) is 0 Å². The number of pyridine rings is 1. The molecule has 2 aliphatic heterocycles. The Bertz CT molecular complexity index is 468. The van der Waals surface area contributed by atoms with Crippen LogP contribution in [0.4, 0.5) is 5.82 Å². The minimum absolute atomic E-state index is 0.551. The van der Waals surface area contributed by atoms with E-state index in [0.29, 0.717) is 6.04 Å². The molecule has 4 nitrogen and oxygen atoms in total. The van der Waals surface area contributed by atoms with Crippen molar-refractivity contribution in [2.75, 3.05) is 44.2 Å². The number of aromatic nitrogens is 1. The Kier molecular flexibility index (Phi) is 5.32. The molecule has 3 rings (SSSR count). The fourth-order valence-corrected chi connectivity index (χ4v) is 3.84. The second-order valence-electron chi connectivity index (χ2n) is 7.05. The van der Waals surface area contributed by atoms with Gasteiger partial charge in [0.25, 0.3) is 0 Å². The van der Waals surface area contributed by atoms with E-state index in [1.54, 1.807) is 0 Å². The molecule has 1 aromatic rings. The molecular weight excluding hydrogens is 272 g/mol. The average molecular weight is 302 g/mol. The first kappa shape index (κ1) is 15.8. The molecule has 0 aromatic carbocycles. The van der Waals surface area contributed by atoms with Crippen molar-refractivity contribution in [3.05, 3.63) is 23.9 Å². The van der Waals surface area contributed by atoms with Crippen LogP contribution in [0.25, 0.3) is 0 Å². The van der Waals surface area contributed by atoms with Gasteiger partial charge in [0.05, 0.1) is 0 Å². The number of hydrogen-bond acceptors (Lipinski definition) is 4. The number of hydrogen-bond donors (Lipinski definition) is 1. The Hall–Kier alpha value is -1.13. The lowest BCUT2D eigenvalue weighted by atomic mass is 9.94. The van der Waals surface area contributed by atoms with Gasteiger partial charge in [-0.05, 0) is 31.4 Å². The highest BCUT2D eigenvalue weighted by molar-refractivity contribution is 5.49. The summed E-state index contributed by atoms with van der Waals surface area (Å²) in [5, 5.41) is 3.44. The standard InChI is InChI=1S/C18H30N4/c1-15(2)14-22-11-4-3-7-17(22)16-6-5-8-20-18(16)21-12-9-19-10-13-21/h5-6,8,15,17,19H,3-4,7,9-14H2,1-2H3. The molecule has 1 unspecified atom stereocenters. The summed E-state index contributed by atoms with van der Waals surface area (Å²) in [5.41, 5.74) is 1.45. The van der Waals surface area contributed by atoms with Crippen molar-refractivity contribution in [3.63, 3.8) is 0 Å². The maximum atomic E-state index is 4.76. The minimum Gasteiger partial charge on any atom is -0.354 e. The van der Waals surface area contributed by atoms with Crippen LogP contribution in [0, 0.1) is 5.92 Å². The van der Waals surface area contributed by atoms with Crippen LogP contribution in [0.2, 0.25) is 0 Å². The van der Waals surface area contributed by atoms with E-state index in [-0.39, 0.29) is 0 Å². The number of anilines is 1. The zero-order valence-corrected chi connectivity index (χ0v) is 14.1. The van der Waals surface area contributed by atoms with Crippen molar-refractivity contribution in [2.24, 2.45) is 5.92 Å². The van der Waals surface area contributed by atoms with Crippen LogP contribution >= 0.6 is 0 Å². The molecule has 0 amide bonds. The predicted molar refractivity (Wildman–Crippen MR) is 92.3 cm³/mol. The third-order valence-electron chi connectivity index (χ3n) is 4.81. The first-order chi connectivity index (χ1) is 10.8. The Morgan fingerprint density at radius 2 is 2.05 bits per heavy atom. The summed E-state index contributed by atoms with van der Waals surface area (Å²) in [4.78, 5) is 9.92. The van der Waals surface area contributed by atoms with Gasteiger partial charge in [-0.1, -0.05) is 26.3 Å². The minimum atomic E-state index is 0.551. The number of rotatable bonds is 4. The number of piperidine rings is 1. The summed E-state index contributed by atoms with van der Waals surface area (Å²) in [7, 11) is 0. The van der Waals surface area contributed by atoms with Crippen LogP contribution in [0.15, 0.2) is 18.3 Å². The van der Waals surface area contributed by atoms with Gasteiger partial charge < -0.3 is 10.2 Å². The molecule has 3 heterocycles. The highest BCUT2D eigenvalue weighted by atomic mass is 15.2. The van der Waals surface area contributed by atoms with E-state index in [9.17, 15) is 0 Å². The average Bonchev–Trinajstić information content (AvgIpc) is 2.56. The lowest BCUT2D eigenvalue weighted by Gasteiger charge is -2.39. The summed E-state index contributed by atoms with van der Waals surface area (Å²) >= 11 is 0. The monoisotopic (exact) mass is 302 g/mol. The first-order valence-electron chi connectivity index (χ1n) is 8.90. The van der Waals surface area contributed by atoms with E-state index in [2.05, 4.69) is 41.1 Å². The molecule has 0 radical (unpaired) electrons. The molecule has 0 saturated carbocycles.